The topological polar surface area (TPSA) is 81.5 Å². The number of nitrogens with zero attached hydrogens (tertiary/aromatic N) is 1. The van der Waals surface area contributed by atoms with E-state index in [1.165, 1.54) is 17.7 Å². The number of anilines is 1. The molecule has 0 radical (unpaired) electrons. The number of para-hydroxylation sites is 2. The van der Waals surface area contributed by atoms with Crippen molar-refractivity contribution in [2.75, 3.05) is 5.32 Å². The second kappa shape index (κ2) is 8.78. The van der Waals surface area contributed by atoms with Crippen molar-refractivity contribution < 1.29 is 14.5 Å². The molecule has 1 unspecified atom stereocenters. The summed E-state index contributed by atoms with van der Waals surface area (Å²) in [4.78, 5) is 23.0. The first-order chi connectivity index (χ1) is 14.3. The van der Waals surface area contributed by atoms with Crippen LogP contribution in [0.1, 0.15) is 31.9 Å². The van der Waals surface area contributed by atoms with E-state index < -0.39 is 16.9 Å². The van der Waals surface area contributed by atoms with Gasteiger partial charge >= 0.3 is 0 Å². The largest absolute Gasteiger partial charge is 0.481 e. The summed E-state index contributed by atoms with van der Waals surface area (Å²) < 4.78 is 5.74. The van der Waals surface area contributed by atoms with Gasteiger partial charge in [-0.2, -0.15) is 0 Å². The molecule has 6 nitrogen and oxygen atoms in total. The fourth-order valence-corrected chi connectivity index (χ4v) is 3.20. The predicted octanol–water partition coefficient (Wildman–Crippen LogP) is 5.33. The number of nitro benzene ring substituents is 1. The monoisotopic (exact) mass is 404 g/mol. The second-order valence-corrected chi connectivity index (χ2v) is 7.54. The quantitative estimate of drug-likeness (QED) is 0.426. The third kappa shape index (κ3) is 4.66. The van der Waals surface area contributed by atoms with Crippen molar-refractivity contribution in [1.82, 2.24) is 0 Å². The van der Waals surface area contributed by atoms with Crippen LogP contribution in [0.3, 0.4) is 0 Å². The van der Waals surface area contributed by atoms with Gasteiger partial charge in [-0.05, 0) is 36.2 Å². The highest BCUT2D eigenvalue weighted by atomic mass is 16.6. The molecule has 0 fully saturated rings. The van der Waals surface area contributed by atoms with Crippen LogP contribution in [-0.4, -0.2) is 16.9 Å². The molecule has 30 heavy (non-hydrogen) atoms. The smallest absolute Gasteiger partial charge is 0.292 e. The van der Waals surface area contributed by atoms with Gasteiger partial charge < -0.3 is 10.1 Å². The molecule has 3 aromatic carbocycles. The van der Waals surface area contributed by atoms with Gasteiger partial charge in [-0.1, -0.05) is 68.4 Å². The van der Waals surface area contributed by atoms with Crippen LogP contribution < -0.4 is 10.1 Å². The normalized spacial score (nSPS) is 12.1. The fraction of sp³-hybridized carbons (Fsp3) is 0.208. The van der Waals surface area contributed by atoms with Gasteiger partial charge in [0.25, 0.3) is 11.6 Å². The predicted molar refractivity (Wildman–Crippen MR) is 117 cm³/mol. The second-order valence-electron chi connectivity index (χ2n) is 7.54. The van der Waals surface area contributed by atoms with Gasteiger partial charge in [0.2, 0.25) is 0 Å². The standard InChI is InChI=1S/C24H24N2O4/c1-17(23(27)25-21-11-7-8-12-22(21)26(28)29)30-20-15-13-19(14-16-20)24(2,3)18-9-5-4-6-10-18/h4-17H,1-3H3,(H,25,27). The van der Waals surface area contributed by atoms with Crippen LogP contribution in [0, 0.1) is 10.1 Å². The van der Waals surface area contributed by atoms with E-state index in [9.17, 15) is 14.9 Å². The maximum atomic E-state index is 12.4. The molecule has 0 aliphatic rings. The lowest BCUT2D eigenvalue weighted by molar-refractivity contribution is -0.383. The van der Waals surface area contributed by atoms with Crippen molar-refractivity contribution in [3.05, 3.63) is 100 Å². The highest BCUT2D eigenvalue weighted by Gasteiger charge is 2.23. The molecule has 0 aromatic heterocycles. The number of carbonyl (C=O) groups excluding carboxylic acids is 1. The van der Waals surface area contributed by atoms with E-state index in [4.69, 9.17) is 4.74 Å². The van der Waals surface area contributed by atoms with Crippen molar-refractivity contribution >= 4 is 17.3 Å². The Labute approximate surface area is 175 Å². The Hall–Kier alpha value is -3.67. The van der Waals surface area contributed by atoms with Crippen LogP contribution >= 0.6 is 0 Å². The molecule has 3 rings (SSSR count). The minimum atomic E-state index is -0.821. The van der Waals surface area contributed by atoms with Gasteiger partial charge in [-0.25, -0.2) is 0 Å². The summed E-state index contributed by atoms with van der Waals surface area (Å²) in [5, 5.41) is 13.7. The zero-order chi connectivity index (χ0) is 21.7. The van der Waals surface area contributed by atoms with Gasteiger partial charge in [0.05, 0.1) is 4.92 Å². The van der Waals surface area contributed by atoms with Crippen molar-refractivity contribution in [1.29, 1.82) is 0 Å². The molecule has 1 atom stereocenters. The fourth-order valence-electron chi connectivity index (χ4n) is 3.20. The van der Waals surface area contributed by atoms with E-state index in [0.29, 0.717) is 5.75 Å². The lowest BCUT2D eigenvalue weighted by Crippen LogP contribution is -2.30. The first kappa shape index (κ1) is 21.0. The maximum absolute atomic E-state index is 12.4. The van der Waals surface area contributed by atoms with Gasteiger partial charge in [-0.3, -0.25) is 14.9 Å². The van der Waals surface area contributed by atoms with E-state index in [2.05, 4.69) is 31.3 Å². The molecule has 154 valence electrons. The van der Waals surface area contributed by atoms with E-state index >= 15 is 0 Å². The average molecular weight is 404 g/mol. The molecule has 0 spiro atoms. The van der Waals surface area contributed by atoms with Crippen molar-refractivity contribution in [3.8, 4) is 5.75 Å². The number of benzene rings is 3. The van der Waals surface area contributed by atoms with Crippen LogP contribution in [-0.2, 0) is 10.2 Å². The molecular weight excluding hydrogens is 380 g/mol. The summed E-state index contributed by atoms with van der Waals surface area (Å²) in [6.07, 6.45) is -0.821. The molecule has 1 N–H and O–H groups in total. The number of nitro groups is 1. The molecule has 1 amide bonds. The van der Waals surface area contributed by atoms with Gasteiger partial charge in [0.1, 0.15) is 11.4 Å². The SMILES string of the molecule is CC(Oc1ccc(C(C)(C)c2ccccc2)cc1)C(=O)Nc1ccccc1[N+](=O)[O-]. The minimum Gasteiger partial charge on any atom is -0.481 e. The molecule has 0 saturated carbocycles. The zero-order valence-corrected chi connectivity index (χ0v) is 17.2. The Morgan fingerprint density at radius 1 is 0.933 bits per heavy atom. The van der Waals surface area contributed by atoms with Crippen molar-refractivity contribution in [3.63, 3.8) is 0 Å². The summed E-state index contributed by atoms with van der Waals surface area (Å²) in [5.74, 6) is 0.0887. The summed E-state index contributed by atoms with van der Waals surface area (Å²) in [5.41, 5.74) is 2.14. The lowest BCUT2D eigenvalue weighted by Gasteiger charge is -2.26. The molecular formula is C24H24N2O4. The highest BCUT2D eigenvalue weighted by molar-refractivity contribution is 5.96. The molecule has 6 heteroatoms. The number of ether oxygens (including phenoxy) is 1. The van der Waals surface area contributed by atoms with Crippen LogP contribution in [0.4, 0.5) is 11.4 Å². The molecule has 3 aromatic rings. The van der Waals surface area contributed by atoms with E-state index in [0.717, 1.165) is 5.56 Å². The number of hydrogen-bond acceptors (Lipinski definition) is 4. The van der Waals surface area contributed by atoms with Crippen LogP contribution in [0.2, 0.25) is 0 Å². The number of hydrogen-bond donors (Lipinski definition) is 1. The minimum absolute atomic E-state index is 0.142. The Bertz CT molecular complexity index is 1030. The Kier molecular flexibility index (Phi) is 6.16. The Morgan fingerprint density at radius 2 is 1.50 bits per heavy atom. The molecule has 0 aliphatic heterocycles. The van der Waals surface area contributed by atoms with E-state index in [1.807, 2.05) is 42.5 Å². The molecule has 0 heterocycles. The first-order valence-corrected chi connectivity index (χ1v) is 9.66. The maximum Gasteiger partial charge on any atom is 0.292 e. The summed E-state index contributed by atoms with van der Waals surface area (Å²) in [7, 11) is 0. The van der Waals surface area contributed by atoms with Crippen LogP contribution in [0.15, 0.2) is 78.9 Å². The molecule has 0 aliphatic carbocycles. The number of nitrogens with one attached hydrogen (secondary N) is 1. The summed E-state index contributed by atoms with van der Waals surface area (Å²) in [6, 6.07) is 23.8. The van der Waals surface area contributed by atoms with Crippen LogP contribution in [0.5, 0.6) is 5.75 Å². The molecule has 0 bridgehead atoms. The Morgan fingerprint density at radius 3 is 2.13 bits per heavy atom. The van der Waals surface area contributed by atoms with Crippen molar-refractivity contribution in [2.24, 2.45) is 0 Å². The third-order valence-corrected chi connectivity index (χ3v) is 5.11. The number of amides is 1. The third-order valence-electron chi connectivity index (χ3n) is 5.11. The van der Waals surface area contributed by atoms with Gasteiger partial charge in [0.15, 0.2) is 6.10 Å². The van der Waals surface area contributed by atoms with Gasteiger partial charge in [-0.15, -0.1) is 0 Å². The number of carbonyl (C=O) groups is 1. The van der Waals surface area contributed by atoms with Crippen LogP contribution in [0.25, 0.3) is 0 Å². The molecule has 0 saturated heterocycles. The zero-order valence-electron chi connectivity index (χ0n) is 17.2. The van der Waals surface area contributed by atoms with Gasteiger partial charge in [0, 0.05) is 11.5 Å². The first-order valence-electron chi connectivity index (χ1n) is 9.66. The van der Waals surface area contributed by atoms with E-state index in [-0.39, 0.29) is 16.8 Å². The summed E-state index contributed by atoms with van der Waals surface area (Å²) >= 11 is 0. The lowest BCUT2D eigenvalue weighted by atomic mass is 9.78. The highest BCUT2D eigenvalue weighted by Crippen LogP contribution is 2.32. The summed E-state index contributed by atoms with van der Waals surface area (Å²) in [6.45, 7) is 5.91. The number of rotatable bonds is 7. The Balaban J connectivity index is 1.68. The van der Waals surface area contributed by atoms with E-state index in [1.54, 1.807) is 19.1 Å². The average Bonchev–Trinajstić information content (AvgIpc) is 2.75. The van der Waals surface area contributed by atoms with Crippen molar-refractivity contribution in [2.45, 2.75) is 32.3 Å².